The van der Waals surface area contributed by atoms with Crippen molar-refractivity contribution in [2.45, 2.75) is 13.0 Å². The van der Waals surface area contributed by atoms with Crippen LogP contribution in [-0.2, 0) is 22.6 Å². The maximum atomic E-state index is 13.5. The quantitative estimate of drug-likeness (QED) is 0.746. The van der Waals surface area contributed by atoms with Gasteiger partial charge in [-0.2, -0.15) is 5.10 Å². The Morgan fingerprint density at radius 3 is 2.62 bits per heavy atom. The zero-order valence-electron chi connectivity index (χ0n) is 12.4. The van der Waals surface area contributed by atoms with Gasteiger partial charge in [-0.3, -0.25) is 9.59 Å². The van der Waals surface area contributed by atoms with Crippen LogP contribution in [0.1, 0.15) is 11.3 Å². The van der Waals surface area contributed by atoms with E-state index in [0.29, 0.717) is 16.5 Å². The highest BCUT2D eigenvalue weighted by atomic mass is 19.2. The number of aromatic amines is 1. The number of benzene rings is 2. The third kappa shape index (κ3) is 3.15. The number of rotatable bonds is 4. The molecule has 1 N–H and O–H groups in total. The Balaban J connectivity index is 1.75. The molecule has 3 rings (SSSR count). The van der Waals surface area contributed by atoms with Gasteiger partial charge in [0.25, 0.3) is 5.56 Å². The van der Waals surface area contributed by atoms with Crippen molar-refractivity contribution in [1.29, 1.82) is 0 Å². The van der Waals surface area contributed by atoms with Crippen molar-refractivity contribution in [2.24, 2.45) is 0 Å². The molecule has 0 unspecified atom stereocenters. The van der Waals surface area contributed by atoms with Crippen LogP contribution >= 0.6 is 0 Å². The number of ether oxygens (including phenoxy) is 1. The minimum absolute atomic E-state index is 0.0531. The van der Waals surface area contributed by atoms with E-state index < -0.39 is 17.6 Å². The smallest absolute Gasteiger partial charge is 0.312 e. The van der Waals surface area contributed by atoms with E-state index in [-0.39, 0.29) is 24.2 Å². The van der Waals surface area contributed by atoms with Gasteiger partial charge in [-0.25, -0.2) is 13.9 Å². The average Bonchev–Trinajstić information content (AvgIpc) is 2.59. The second kappa shape index (κ2) is 6.57. The van der Waals surface area contributed by atoms with E-state index >= 15 is 0 Å². The molecule has 0 aliphatic rings. The zero-order chi connectivity index (χ0) is 17.1. The molecule has 1 heterocycles. The van der Waals surface area contributed by atoms with Gasteiger partial charge in [-0.15, -0.1) is 0 Å². The van der Waals surface area contributed by atoms with Gasteiger partial charge in [-0.1, -0.05) is 30.3 Å². The van der Waals surface area contributed by atoms with Gasteiger partial charge >= 0.3 is 5.97 Å². The molecule has 0 amide bonds. The van der Waals surface area contributed by atoms with Crippen molar-refractivity contribution in [1.82, 2.24) is 10.2 Å². The molecule has 0 saturated carbocycles. The van der Waals surface area contributed by atoms with Crippen LogP contribution in [-0.4, -0.2) is 16.2 Å². The number of nitrogens with zero attached hydrogens (tertiary/aromatic N) is 1. The maximum absolute atomic E-state index is 13.5. The minimum Gasteiger partial charge on any atom is -0.460 e. The second-order valence-electron chi connectivity index (χ2n) is 5.10. The molecule has 2 aromatic carbocycles. The van der Waals surface area contributed by atoms with Crippen LogP contribution in [0.3, 0.4) is 0 Å². The Labute approximate surface area is 134 Å². The molecular formula is C17H12F2N2O3. The summed E-state index contributed by atoms with van der Waals surface area (Å²) in [7, 11) is 0. The summed E-state index contributed by atoms with van der Waals surface area (Å²) >= 11 is 0. The number of esters is 1. The summed E-state index contributed by atoms with van der Waals surface area (Å²) in [5.41, 5.74) is -0.0675. The molecule has 0 aliphatic heterocycles. The first-order valence-corrected chi connectivity index (χ1v) is 7.11. The highest BCUT2D eigenvalue weighted by Gasteiger charge is 2.14. The molecule has 5 nitrogen and oxygen atoms in total. The summed E-state index contributed by atoms with van der Waals surface area (Å²) in [6.45, 7) is -0.385. The van der Waals surface area contributed by atoms with Gasteiger partial charge in [-0.05, 0) is 12.1 Å². The standard InChI is InChI=1S/C17H12F2N2O3/c18-13-7-3-4-10(16(13)19)9-24-15(22)8-14-11-5-1-2-6-12(11)17(23)21-20-14/h1-7H,8-9H2,(H,21,23). The summed E-state index contributed by atoms with van der Waals surface area (Å²) in [6, 6.07) is 10.4. The van der Waals surface area contributed by atoms with Crippen LogP contribution in [0.15, 0.2) is 47.3 Å². The van der Waals surface area contributed by atoms with Crippen LogP contribution in [0, 0.1) is 11.6 Å². The molecule has 0 aliphatic carbocycles. The van der Waals surface area contributed by atoms with Gasteiger partial charge in [0.15, 0.2) is 11.6 Å². The van der Waals surface area contributed by atoms with Crippen LogP contribution in [0.4, 0.5) is 8.78 Å². The Kier molecular flexibility index (Phi) is 4.33. The van der Waals surface area contributed by atoms with Crippen LogP contribution in [0.2, 0.25) is 0 Å². The van der Waals surface area contributed by atoms with Crippen molar-refractivity contribution >= 4 is 16.7 Å². The number of fused-ring (bicyclic) bond motifs is 1. The predicted molar refractivity (Wildman–Crippen MR) is 82.2 cm³/mol. The largest absolute Gasteiger partial charge is 0.460 e. The van der Waals surface area contributed by atoms with E-state index in [1.807, 2.05) is 0 Å². The molecule has 0 spiro atoms. The Morgan fingerprint density at radius 1 is 1.08 bits per heavy atom. The monoisotopic (exact) mass is 330 g/mol. The maximum Gasteiger partial charge on any atom is 0.312 e. The number of carbonyl (C=O) groups excluding carboxylic acids is 1. The van der Waals surface area contributed by atoms with Gasteiger partial charge in [0, 0.05) is 10.9 Å². The first kappa shape index (κ1) is 15.8. The summed E-state index contributed by atoms with van der Waals surface area (Å²) in [5.74, 6) is -2.71. The summed E-state index contributed by atoms with van der Waals surface area (Å²) < 4.78 is 31.6. The second-order valence-corrected chi connectivity index (χ2v) is 5.10. The first-order chi connectivity index (χ1) is 11.6. The number of halogens is 2. The third-order valence-electron chi connectivity index (χ3n) is 3.51. The van der Waals surface area contributed by atoms with Gasteiger partial charge in [0.2, 0.25) is 0 Å². The zero-order valence-corrected chi connectivity index (χ0v) is 12.4. The number of aromatic nitrogens is 2. The fraction of sp³-hybridized carbons (Fsp3) is 0.118. The fourth-order valence-electron chi connectivity index (χ4n) is 2.31. The molecule has 0 bridgehead atoms. The van der Waals surface area contributed by atoms with E-state index in [2.05, 4.69) is 10.2 Å². The molecule has 3 aromatic rings. The summed E-state index contributed by atoms with van der Waals surface area (Å²) in [4.78, 5) is 23.6. The normalized spacial score (nSPS) is 10.8. The topological polar surface area (TPSA) is 72.0 Å². The Hall–Kier alpha value is -3.09. The lowest BCUT2D eigenvalue weighted by Crippen LogP contribution is -2.15. The predicted octanol–water partition coefficient (Wildman–Crippen LogP) is 2.49. The molecule has 0 fully saturated rings. The van der Waals surface area contributed by atoms with E-state index in [4.69, 9.17) is 4.74 Å². The lowest BCUT2D eigenvalue weighted by Gasteiger charge is -2.07. The molecule has 24 heavy (non-hydrogen) atoms. The minimum atomic E-state index is -1.04. The molecule has 0 atom stereocenters. The average molecular weight is 330 g/mol. The number of hydrogen-bond acceptors (Lipinski definition) is 4. The van der Waals surface area contributed by atoms with Gasteiger partial charge < -0.3 is 4.74 Å². The van der Waals surface area contributed by atoms with Crippen molar-refractivity contribution in [3.05, 3.63) is 75.7 Å². The first-order valence-electron chi connectivity index (χ1n) is 7.11. The SMILES string of the molecule is O=C(Cc1n[nH]c(=O)c2ccccc12)OCc1cccc(F)c1F. The highest BCUT2D eigenvalue weighted by molar-refractivity contribution is 5.86. The lowest BCUT2D eigenvalue weighted by molar-refractivity contribution is -0.144. The van der Waals surface area contributed by atoms with Crippen molar-refractivity contribution in [2.75, 3.05) is 0 Å². The molecule has 122 valence electrons. The summed E-state index contributed by atoms with van der Waals surface area (Å²) in [5, 5.41) is 7.12. The van der Waals surface area contributed by atoms with Crippen molar-refractivity contribution in [3.63, 3.8) is 0 Å². The molecule has 1 aromatic heterocycles. The van der Waals surface area contributed by atoms with E-state index in [9.17, 15) is 18.4 Å². The number of nitrogens with one attached hydrogen (secondary N) is 1. The van der Waals surface area contributed by atoms with Gasteiger partial charge in [0.1, 0.15) is 6.61 Å². The Bertz CT molecular complexity index is 969. The number of hydrogen-bond donors (Lipinski definition) is 1. The molecular weight excluding hydrogens is 318 g/mol. The van der Waals surface area contributed by atoms with Crippen molar-refractivity contribution < 1.29 is 18.3 Å². The van der Waals surface area contributed by atoms with Crippen LogP contribution in [0.25, 0.3) is 10.8 Å². The molecule has 0 saturated heterocycles. The summed E-state index contributed by atoms with van der Waals surface area (Å²) in [6.07, 6.45) is -0.200. The van der Waals surface area contributed by atoms with Crippen molar-refractivity contribution in [3.8, 4) is 0 Å². The number of carbonyl (C=O) groups is 1. The van der Waals surface area contributed by atoms with E-state index in [1.54, 1.807) is 24.3 Å². The van der Waals surface area contributed by atoms with Crippen LogP contribution < -0.4 is 5.56 Å². The number of H-pyrrole nitrogens is 1. The highest BCUT2D eigenvalue weighted by Crippen LogP contribution is 2.15. The van der Waals surface area contributed by atoms with Crippen LogP contribution in [0.5, 0.6) is 0 Å². The molecule has 7 heteroatoms. The van der Waals surface area contributed by atoms with Gasteiger partial charge in [0.05, 0.1) is 17.5 Å². The van der Waals surface area contributed by atoms with E-state index in [0.717, 1.165) is 6.07 Å². The lowest BCUT2D eigenvalue weighted by atomic mass is 10.1. The Morgan fingerprint density at radius 2 is 1.83 bits per heavy atom. The fourth-order valence-corrected chi connectivity index (χ4v) is 2.31. The van der Waals surface area contributed by atoms with E-state index in [1.165, 1.54) is 12.1 Å². The molecule has 0 radical (unpaired) electrons. The third-order valence-corrected chi connectivity index (χ3v) is 3.51.